The summed E-state index contributed by atoms with van der Waals surface area (Å²) in [6.45, 7) is 0. The molecule has 86 valence electrons. The van der Waals surface area contributed by atoms with Crippen molar-refractivity contribution in [3.63, 3.8) is 0 Å². The zero-order valence-corrected chi connectivity index (χ0v) is 10.7. The second kappa shape index (κ2) is 4.97. The van der Waals surface area contributed by atoms with Crippen LogP contribution >= 0.6 is 15.9 Å². The van der Waals surface area contributed by atoms with E-state index in [2.05, 4.69) is 27.3 Å². The minimum Gasteiger partial charge on any atom is -0.468 e. The Morgan fingerprint density at radius 1 is 1.44 bits per heavy atom. The van der Waals surface area contributed by atoms with Gasteiger partial charge < -0.3 is 4.74 Å². The molecule has 0 spiro atoms. The number of carbonyl (C=O) groups excluding carboxylic acids is 1. The summed E-state index contributed by atoms with van der Waals surface area (Å²) in [7, 11) is 1.43. The Labute approximate surface area is 103 Å². The zero-order valence-electron chi connectivity index (χ0n) is 9.07. The average Bonchev–Trinajstić information content (AvgIpc) is 2.78. The van der Waals surface area contributed by atoms with Crippen LogP contribution in [0.25, 0.3) is 0 Å². The monoisotopic (exact) mass is 283 g/mol. The molecule has 1 aromatic rings. The average molecular weight is 284 g/mol. The van der Waals surface area contributed by atoms with E-state index < -0.39 is 0 Å². The van der Waals surface area contributed by atoms with Gasteiger partial charge in [-0.25, -0.2) is 0 Å². The van der Waals surface area contributed by atoms with Crippen LogP contribution in [0.15, 0.2) is 28.7 Å². The largest absolute Gasteiger partial charge is 0.468 e. The number of rotatable bonds is 2. The molecule has 0 amide bonds. The van der Waals surface area contributed by atoms with Gasteiger partial charge in [0.2, 0.25) is 0 Å². The summed E-state index contributed by atoms with van der Waals surface area (Å²) in [5.41, 5.74) is 1.20. The van der Waals surface area contributed by atoms with Crippen molar-refractivity contribution in [1.29, 1.82) is 0 Å². The third-order valence-electron chi connectivity index (χ3n) is 2.91. The van der Waals surface area contributed by atoms with Crippen LogP contribution in [0.5, 0.6) is 0 Å². The molecule has 1 aliphatic rings. The van der Waals surface area contributed by atoms with Crippen molar-refractivity contribution in [1.82, 2.24) is 5.32 Å². The number of hydrogen-bond acceptors (Lipinski definition) is 3. The molecule has 1 aliphatic heterocycles. The molecule has 0 saturated carbocycles. The lowest BCUT2D eigenvalue weighted by Gasteiger charge is -2.14. The van der Waals surface area contributed by atoms with E-state index in [-0.39, 0.29) is 18.1 Å². The maximum atomic E-state index is 11.4. The second-order valence-electron chi connectivity index (χ2n) is 3.89. The number of benzene rings is 1. The van der Waals surface area contributed by atoms with Crippen molar-refractivity contribution in [2.75, 3.05) is 7.11 Å². The zero-order chi connectivity index (χ0) is 11.5. The first-order chi connectivity index (χ1) is 7.72. The highest BCUT2D eigenvalue weighted by Gasteiger charge is 2.31. The van der Waals surface area contributed by atoms with Crippen LogP contribution in [0.3, 0.4) is 0 Å². The predicted molar refractivity (Wildman–Crippen MR) is 65.1 cm³/mol. The van der Waals surface area contributed by atoms with E-state index in [0.29, 0.717) is 0 Å². The lowest BCUT2D eigenvalue weighted by Crippen LogP contribution is -2.33. The van der Waals surface area contributed by atoms with Crippen LogP contribution in [0, 0.1) is 0 Å². The maximum Gasteiger partial charge on any atom is 0.322 e. The van der Waals surface area contributed by atoms with Crippen molar-refractivity contribution in [3.8, 4) is 0 Å². The van der Waals surface area contributed by atoms with Gasteiger partial charge in [-0.1, -0.05) is 34.1 Å². The van der Waals surface area contributed by atoms with Crippen LogP contribution in [0.4, 0.5) is 0 Å². The molecule has 2 rings (SSSR count). The van der Waals surface area contributed by atoms with Gasteiger partial charge in [-0.05, 0) is 24.5 Å². The van der Waals surface area contributed by atoms with Gasteiger partial charge >= 0.3 is 5.97 Å². The van der Waals surface area contributed by atoms with Crippen LogP contribution in [-0.2, 0) is 9.53 Å². The molecule has 0 aromatic heterocycles. The summed E-state index contributed by atoms with van der Waals surface area (Å²) < 4.78 is 5.82. The summed E-state index contributed by atoms with van der Waals surface area (Å²) in [5.74, 6) is -0.172. The van der Waals surface area contributed by atoms with E-state index in [4.69, 9.17) is 4.74 Å². The second-order valence-corrected chi connectivity index (χ2v) is 4.75. The Hall–Kier alpha value is -0.870. The van der Waals surface area contributed by atoms with Gasteiger partial charge in [0.1, 0.15) is 6.04 Å². The van der Waals surface area contributed by atoms with Crippen molar-refractivity contribution in [2.24, 2.45) is 0 Å². The van der Waals surface area contributed by atoms with Gasteiger partial charge in [-0.15, -0.1) is 0 Å². The quantitative estimate of drug-likeness (QED) is 0.848. The van der Waals surface area contributed by atoms with Gasteiger partial charge in [0.25, 0.3) is 0 Å². The van der Waals surface area contributed by atoms with Crippen molar-refractivity contribution in [2.45, 2.75) is 24.9 Å². The van der Waals surface area contributed by atoms with E-state index in [1.165, 1.54) is 12.7 Å². The highest BCUT2D eigenvalue weighted by atomic mass is 79.9. The van der Waals surface area contributed by atoms with Gasteiger partial charge in [0.05, 0.1) is 7.11 Å². The van der Waals surface area contributed by atoms with Gasteiger partial charge in [0.15, 0.2) is 0 Å². The van der Waals surface area contributed by atoms with Crippen molar-refractivity contribution < 1.29 is 9.53 Å². The first-order valence-corrected chi connectivity index (χ1v) is 6.10. The molecule has 1 N–H and O–H groups in total. The van der Waals surface area contributed by atoms with Crippen molar-refractivity contribution >= 4 is 21.9 Å². The SMILES string of the molecule is COC(=O)[C@@H]1CC[C@H](c2ccccc2Br)N1. The molecule has 0 unspecified atom stereocenters. The molecule has 0 radical (unpaired) electrons. The van der Waals surface area contributed by atoms with Crippen LogP contribution in [0.1, 0.15) is 24.4 Å². The van der Waals surface area contributed by atoms with Crippen LogP contribution in [0.2, 0.25) is 0 Å². The smallest absolute Gasteiger partial charge is 0.322 e. The fraction of sp³-hybridized carbons (Fsp3) is 0.417. The molecule has 3 nitrogen and oxygen atoms in total. The summed E-state index contributed by atoms with van der Waals surface area (Å²) >= 11 is 3.52. The fourth-order valence-corrected chi connectivity index (χ4v) is 2.64. The number of esters is 1. The summed E-state index contributed by atoms with van der Waals surface area (Å²) in [6.07, 6.45) is 1.79. The van der Waals surface area contributed by atoms with Gasteiger partial charge in [0, 0.05) is 10.5 Å². The van der Waals surface area contributed by atoms with Crippen LogP contribution < -0.4 is 5.32 Å². The number of methoxy groups -OCH3 is 1. The number of ether oxygens (including phenoxy) is 1. The summed E-state index contributed by atoms with van der Waals surface area (Å²) in [4.78, 5) is 11.4. The first-order valence-electron chi connectivity index (χ1n) is 5.30. The molecule has 0 aliphatic carbocycles. The Kier molecular flexibility index (Phi) is 3.61. The number of hydrogen-bond donors (Lipinski definition) is 1. The minimum absolute atomic E-state index is 0.165. The maximum absolute atomic E-state index is 11.4. The molecular weight excluding hydrogens is 270 g/mol. The first kappa shape index (κ1) is 11.6. The van der Waals surface area contributed by atoms with Crippen molar-refractivity contribution in [3.05, 3.63) is 34.3 Å². The molecule has 1 saturated heterocycles. The topological polar surface area (TPSA) is 38.3 Å². The van der Waals surface area contributed by atoms with Gasteiger partial charge in [-0.3, -0.25) is 10.1 Å². The molecule has 2 atom stereocenters. The van der Waals surface area contributed by atoms with Gasteiger partial charge in [-0.2, -0.15) is 0 Å². The van der Waals surface area contributed by atoms with E-state index in [0.717, 1.165) is 17.3 Å². The third kappa shape index (κ3) is 2.28. The highest BCUT2D eigenvalue weighted by molar-refractivity contribution is 9.10. The third-order valence-corrected chi connectivity index (χ3v) is 3.63. The van der Waals surface area contributed by atoms with E-state index in [9.17, 15) is 4.79 Å². The number of halogens is 1. The van der Waals surface area contributed by atoms with E-state index in [1.54, 1.807) is 0 Å². The molecule has 1 fully saturated rings. The predicted octanol–water partition coefficient (Wildman–Crippen LogP) is 2.42. The summed E-state index contributed by atoms with van der Waals surface area (Å²) in [6, 6.07) is 8.15. The lowest BCUT2D eigenvalue weighted by atomic mass is 10.1. The standard InChI is InChI=1S/C12H14BrNO2/c1-16-12(15)11-7-6-10(14-11)8-4-2-3-5-9(8)13/h2-5,10-11,14H,6-7H2,1H3/t10-,11+/m1/s1. The number of carbonyl (C=O) groups is 1. The summed E-state index contributed by atoms with van der Waals surface area (Å²) in [5, 5.41) is 3.29. The lowest BCUT2D eigenvalue weighted by molar-refractivity contribution is -0.142. The minimum atomic E-state index is -0.172. The molecular formula is C12H14BrNO2. The molecule has 4 heteroatoms. The normalized spacial score (nSPS) is 24.4. The Bertz CT molecular complexity index is 394. The Morgan fingerprint density at radius 3 is 2.88 bits per heavy atom. The Balaban J connectivity index is 2.09. The molecule has 16 heavy (non-hydrogen) atoms. The van der Waals surface area contributed by atoms with E-state index in [1.807, 2.05) is 18.2 Å². The molecule has 1 aromatic carbocycles. The van der Waals surface area contributed by atoms with E-state index >= 15 is 0 Å². The Morgan fingerprint density at radius 2 is 2.19 bits per heavy atom. The molecule has 0 bridgehead atoms. The number of nitrogens with one attached hydrogen (secondary N) is 1. The molecule has 1 heterocycles. The fourth-order valence-electron chi connectivity index (χ4n) is 2.07. The van der Waals surface area contributed by atoms with Crippen LogP contribution in [-0.4, -0.2) is 19.1 Å². The highest BCUT2D eigenvalue weighted by Crippen LogP contribution is 2.31.